The monoisotopic (exact) mass is 426 g/mol. The van der Waals surface area contributed by atoms with Crippen LogP contribution in [0.2, 0.25) is 0 Å². The minimum Gasteiger partial charge on any atom is -0.492 e. The summed E-state index contributed by atoms with van der Waals surface area (Å²) < 4.78 is 33.3. The Kier molecular flexibility index (Phi) is 6.57. The summed E-state index contributed by atoms with van der Waals surface area (Å²) in [5.41, 5.74) is 0.813. The summed E-state index contributed by atoms with van der Waals surface area (Å²) in [6.45, 7) is 4.00. The molecule has 0 saturated heterocycles. The Bertz CT molecular complexity index is 869. The highest BCUT2D eigenvalue weighted by atomic mass is 79.9. The van der Waals surface area contributed by atoms with E-state index in [1.54, 1.807) is 32.0 Å². The predicted molar refractivity (Wildman–Crippen MR) is 101 cm³/mol. The molecule has 0 saturated carbocycles. The Morgan fingerprint density at radius 1 is 1.16 bits per heavy atom. The number of carbonyl (C=O) groups is 1. The second-order valence-electron chi connectivity index (χ2n) is 5.03. The van der Waals surface area contributed by atoms with E-state index in [-0.39, 0.29) is 22.8 Å². The molecule has 2 rings (SSSR count). The number of carbonyl (C=O) groups excluding carboxylic acids is 1. The third-order valence-electron chi connectivity index (χ3n) is 3.25. The summed E-state index contributed by atoms with van der Waals surface area (Å²) in [6.07, 6.45) is 0. The first-order chi connectivity index (χ1) is 11.9. The molecule has 0 bridgehead atoms. The van der Waals surface area contributed by atoms with Crippen LogP contribution >= 0.6 is 15.9 Å². The average molecular weight is 427 g/mol. The summed E-state index contributed by atoms with van der Waals surface area (Å²) in [7, 11) is -3.76. The van der Waals surface area contributed by atoms with Crippen LogP contribution in [-0.2, 0) is 10.0 Å². The molecule has 2 aromatic carbocycles. The predicted octanol–water partition coefficient (Wildman–Crippen LogP) is 3.40. The fourth-order valence-electron chi connectivity index (χ4n) is 2.16. The lowest BCUT2D eigenvalue weighted by Gasteiger charge is -2.13. The molecule has 0 heterocycles. The van der Waals surface area contributed by atoms with Gasteiger partial charge < -0.3 is 10.1 Å². The molecule has 8 heteroatoms. The number of hydrogen-bond acceptors (Lipinski definition) is 4. The van der Waals surface area contributed by atoms with Gasteiger partial charge in [0.1, 0.15) is 10.6 Å². The van der Waals surface area contributed by atoms with Gasteiger partial charge in [0.2, 0.25) is 10.0 Å². The second-order valence-corrected chi connectivity index (χ2v) is 7.62. The van der Waals surface area contributed by atoms with Gasteiger partial charge in [-0.3, -0.25) is 4.79 Å². The van der Waals surface area contributed by atoms with E-state index in [2.05, 4.69) is 26.0 Å². The van der Waals surface area contributed by atoms with Crippen LogP contribution in [0.1, 0.15) is 24.2 Å². The third kappa shape index (κ3) is 4.81. The van der Waals surface area contributed by atoms with Gasteiger partial charge in [-0.25, -0.2) is 13.1 Å². The number of hydrogen-bond donors (Lipinski definition) is 2. The maximum absolute atomic E-state index is 12.5. The van der Waals surface area contributed by atoms with Crippen molar-refractivity contribution in [2.24, 2.45) is 0 Å². The first-order valence-corrected chi connectivity index (χ1v) is 9.99. The standard InChI is InChI=1S/C17H19BrN2O4S/c1-3-19-25(22,23)16-11-12(9-10-15(16)24-4-2)17(21)20-14-8-6-5-7-13(14)18/h5-11,19H,3-4H2,1-2H3,(H,20,21). The van der Waals surface area contributed by atoms with E-state index in [0.29, 0.717) is 12.3 Å². The highest BCUT2D eigenvalue weighted by molar-refractivity contribution is 9.10. The van der Waals surface area contributed by atoms with Crippen molar-refractivity contribution in [2.45, 2.75) is 18.7 Å². The lowest BCUT2D eigenvalue weighted by Crippen LogP contribution is -2.24. The zero-order valence-electron chi connectivity index (χ0n) is 13.9. The van der Waals surface area contributed by atoms with Gasteiger partial charge >= 0.3 is 0 Å². The Morgan fingerprint density at radius 2 is 1.88 bits per heavy atom. The summed E-state index contributed by atoms with van der Waals surface area (Å²) in [4.78, 5) is 12.4. The summed E-state index contributed by atoms with van der Waals surface area (Å²) >= 11 is 3.36. The number of halogens is 1. The van der Waals surface area contributed by atoms with E-state index in [1.807, 2.05) is 6.07 Å². The topological polar surface area (TPSA) is 84.5 Å². The number of amides is 1. The largest absolute Gasteiger partial charge is 0.492 e. The molecule has 0 aromatic heterocycles. The summed E-state index contributed by atoms with van der Waals surface area (Å²) in [6, 6.07) is 11.5. The molecule has 0 aliphatic heterocycles. The fraction of sp³-hybridized carbons (Fsp3) is 0.235. The quantitative estimate of drug-likeness (QED) is 0.710. The molecule has 25 heavy (non-hydrogen) atoms. The fourth-order valence-corrected chi connectivity index (χ4v) is 3.75. The van der Waals surface area contributed by atoms with Crippen LogP contribution in [0.4, 0.5) is 5.69 Å². The van der Waals surface area contributed by atoms with Crippen molar-refractivity contribution in [3.8, 4) is 5.75 Å². The van der Waals surface area contributed by atoms with Gasteiger partial charge in [0.15, 0.2) is 0 Å². The number of rotatable bonds is 7. The molecule has 0 spiro atoms. The SMILES string of the molecule is CCNS(=O)(=O)c1cc(C(=O)Nc2ccccc2Br)ccc1OCC. The van der Waals surface area contributed by atoms with E-state index in [0.717, 1.165) is 4.47 Å². The second kappa shape index (κ2) is 8.46. The summed E-state index contributed by atoms with van der Waals surface area (Å²) in [5.74, 6) is -0.205. The van der Waals surface area contributed by atoms with Crippen LogP contribution in [0.25, 0.3) is 0 Å². The highest BCUT2D eigenvalue weighted by Gasteiger charge is 2.21. The van der Waals surface area contributed by atoms with Crippen molar-refractivity contribution in [1.29, 1.82) is 0 Å². The van der Waals surface area contributed by atoms with Crippen LogP contribution in [-0.4, -0.2) is 27.5 Å². The molecule has 134 valence electrons. The Morgan fingerprint density at radius 3 is 2.52 bits per heavy atom. The molecular formula is C17H19BrN2O4S. The minimum atomic E-state index is -3.76. The molecule has 1 amide bonds. The first kappa shape index (κ1) is 19.4. The van der Waals surface area contributed by atoms with E-state index < -0.39 is 15.9 Å². The first-order valence-electron chi connectivity index (χ1n) is 7.71. The van der Waals surface area contributed by atoms with Crippen LogP contribution in [0.15, 0.2) is 51.8 Å². The molecule has 0 atom stereocenters. The number of sulfonamides is 1. The third-order valence-corrected chi connectivity index (χ3v) is 5.51. The van der Waals surface area contributed by atoms with Crippen molar-refractivity contribution >= 4 is 37.5 Å². The number of ether oxygens (including phenoxy) is 1. The molecule has 0 aliphatic carbocycles. The van der Waals surface area contributed by atoms with Crippen molar-refractivity contribution in [3.05, 3.63) is 52.5 Å². The van der Waals surface area contributed by atoms with E-state index in [4.69, 9.17) is 4.74 Å². The lowest BCUT2D eigenvalue weighted by molar-refractivity contribution is 0.102. The van der Waals surface area contributed by atoms with Gasteiger partial charge in [-0.2, -0.15) is 0 Å². The lowest BCUT2D eigenvalue weighted by atomic mass is 10.2. The molecule has 0 radical (unpaired) electrons. The van der Waals surface area contributed by atoms with Gasteiger partial charge in [-0.15, -0.1) is 0 Å². The van der Waals surface area contributed by atoms with Gasteiger partial charge in [0, 0.05) is 16.6 Å². The van der Waals surface area contributed by atoms with E-state index >= 15 is 0 Å². The number of para-hydroxylation sites is 1. The average Bonchev–Trinajstić information content (AvgIpc) is 2.57. The molecule has 0 fully saturated rings. The van der Waals surface area contributed by atoms with E-state index in [1.165, 1.54) is 18.2 Å². The van der Waals surface area contributed by atoms with Crippen LogP contribution < -0.4 is 14.8 Å². The van der Waals surface area contributed by atoms with Crippen molar-refractivity contribution < 1.29 is 17.9 Å². The Hall–Kier alpha value is -1.90. The van der Waals surface area contributed by atoms with Crippen molar-refractivity contribution in [1.82, 2.24) is 4.72 Å². The van der Waals surface area contributed by atoms with Crippen LogP contribution in [0, 0.1) is 0 Å². The Labute approximate surface area is 155 Å². The van der Waals surface area contributed by atoms with Gasteiger partial charge in [-0.1, -0.05) is 19.1 Å². The molecular weight excluding hydrogens is 408 g/mol. The number of benzene rings is 2. The van der Waals surface area contributed by atoms with Crippen molar-refractivity contribution in [3.63, 3.8) is 0 Å². The van der Waals surface area contributed by atoms with Gasteiger partial charge in [0.25, 0.3) is 5.91 Å². The molecule has 2 N–H and O–H groups in total. The van der Waals surface area contributed by atoms with Crippen LogP contribution in [0.3, 0.4) is 0 Å². The van der Waals surface area contributed by atoms with E-state index in [9.17, 15) is 13.2 Å². The van der Waals surface area contributed by atoms with Gasteiger partial charge in [0.05, 0.1) is 12.3 Å². The molecule has 0 unspecified atom stereocenters. The minimum absolute atomic E-state index is 0.0593. The number of nitrogens with one attached hydrogen (secondary N) is 2. The highest BCUT2D eigenvalue weighted by Crippen LogP contribution is 2.27. The Balaban J connectivity index is 2.39. The zero-order valence-corrected chi connectivity index (χ0v) is 16.3. The molecule has 2 aromatic rings. The zero-order chi connectivity index (χ0) is 18.4. The smallest absolute Gasteiger partial charge is 0.255 e. The normalized spacial score (nSPS) is 11.2. The molecule has 0 aliphatic rings. The van der Waals surface area contributed by atoms with Crippen LogP contribution in [0.5, 0.6) is 5.75 Å². The van der Waals surface area contributed by atoms with Gasteiger partial charge in [-0.05, 0) is 53.2 Å². The number of anilines is 1. The van der Waals surface area contributed by atoms with Crippen molar-refractivity contribution in [2.75, 3.05) is 18.5 Å². The maximum Gasteiger partial charge on any atom is 0.255 e. The summed E-state index contributed by atoms with van der Waals surface area (Å²) in [5, 5.41) is 2.75. The molecule has 6 nitrogen and oxygen atoms in total. The maximum atomic E-state index is 12.5.